The molecule has 2 heterocycles. The summed E-state index contributed by atoms with van der Waals surface area (Å²) in [6, 6.07) is 8.12. The number of hydrogen-bond donors (Lipinski definition) is 2. The molecule has 5 nitrogen and oxygen atoms in total. The summed E-state index contributed by atoms with van der Waals surface area (Å²) in [4.78, 5) is 14.5. The molecule has 2 saturated heterocycles. The van der Waals surface area contributed by atoms with Gasteiger partial charge in [0.2, 0.25) is 0 Å². The van der Waals surface area contributed by atoms with Gasteiger partial charge in [-0.1, -0.05) is 12.1 Å². The summed E-state index contributed by atoms with van der Waals surface area (Å²) in [6.45, 7) is 7.26. The fraction of sp³-hybridized carbons (Fsp3) is 0.611. The molecule has 23 heavy (non-hydrogen) atoms. The molecule has 3 rings (SSSR count). The Morgan fingerprint density at radius 2 is 2.04 bits per heavy atom. The third kappa shape index (κ3) is 4.77. The fourth-order valence-corrected chi connectivity index (χ4v) is 3.30. The average Bonchev–Trinajstić information content (AvgIpc) is 2.63. The Bertz CT molecular complexity index is 491. The Balaban J connectivity index is 1.45. The Labute approximate surface area is 138 Å². The zero-order chi connectivity index (χ0) is 15.9. The van der Waals surface area contributed by atoms with Crippen molar-refractivity contribution in [3.63, 3.8) is 0 Å². The maximum absolute atomic E-state index is 12.2. The van der Waals surface area contributed by atoms with Crippen molar-refractivity contribution in [1.82, 2.24) is 15.5 Å². The molecule has 1 aromatic carbocycles. The molecular formula is C18H27N3O2. The molecular weight excluding hydrogens is 290 g/mol. The number of rotatable bonds is 5. The summed E-state index contributed by atoms with van der Waals surface area (Å²) in [5.74, 6) is 0.605. The number of carbonyl (C=O) groups excluding carboxylic acids is 1. The number of nitrogens with zero attached hydrogens (tertiary/aromatic N) is 1. The van der Waals surface area contributed by atoms with Gasteiger partial charge in [0.1, 0.15) is 0 Å². The largest absolute Gasteiger partial charge is 0.379 e. The molecule has 2 aliphatic rings. The third-order valence-corrected chi connectivity index (χ3v) is 4.76. The van der Waals surface area contributed by atoms with E-state index in [0.717, 1.165) is 51.5 Å². The van der Waals surface area contributed by atoms with Gasteiger partial charge in [-0.05, 0) is 43.0 Å². The second-order valence-electron chi connectivity index (χ2n) is 6.38. The first-order chi connectivity index (χ1) is 11.3. The zero-order valence-corrected chi connectivity index (χ0v) is 13.7. The summed E-state index contributed by atoms with van der Waals surface area (Å²) < 4.78 is 5.32. The lowest BCUT2D eigenvalue weighted by Gasteiger charge is -2.26. The fourth-order valence-electron chi connectivity index (χ4n) is 3.30. The SMILES string of the molecule is O=C(NCCN1CCOCC1)c1ccc(C2CCCNC2)cc1. The van der Waals surface area contributed by atoms with Crippen molar-refractivity contribution in [3.05, 3.63) is 35.4 Å². The second-order valence-corrected chi connectivity index (χ2v) is 6.38. The summed E-state index contributed by atoms with van der Waals surface area (Å²) >= 11 is 0. The van der Waals surface area contributed by atoms with Gasteiger partial charge >= 0.3 is 0 Å². The standard InChI is InChI=1S/C18H27N3O2/c22-18(20-8-9-21-10-12-23-13-11-21)16-5-3-15(4-6-16)17-2-1-7-19-14-17/h3-6,17,19H,1-2,7-14H2,(H,20,22). The number of nitrogens with one attached hydrogen (secondary N) is 2. The first-order valence-corrected chi connectivity index (χ1v) is 8.72. The molecule has 1 atom stereocenters. The number of morpholine rings is 1. The van der Waals surface area contributed by atoms with Gasteiger partial charge in [0.15, 0.2) is 0 Å². The number of ether oxygens (including phenoxy) is 1. The maximum atomic E-state index is 12.2. The molecule has 0 spiro atoms. The smallest absolute Gasteiger partial charge is 0.251 e. The highest BCUT2D eigenvalue weighted by Gasteiger charge is 2.15. The number of hydrogen-bond acceptors (Lipinski definition) is 4. The lowest BCUT2D eigenvalue weighted by molar-refractivity contribution is 0.0383. The highest BCUT2D eigenvalue weighted by molar-refractivity contribution is 5.94. The lowest BCUT2D eigenvalue weighted by atomic mass is 9.91. The van der Waals surface area contributed by atoms with Crippen LogP contribution < -0.4 is 10.6 Å². The summed E-state index contributed by atoms with van der Waals surface area (Å²) in [7, 11) is 0. The molecule has 126 valence electrons. The first kappa shape index (κ1) is 16.4. The highest BCUT2D eigenvalue weighted by atomic mass is 16.5. The molecule has 1 amide bonds. The minimum Gasteiger partial charge on any atom is -0.379 e. The molecule has 1 unspecified atom stereocenters. The minimum absolute atomic E-state index is 0.0200. The van der Waals surface area contributed by atoms with E-state index < -0.39 is 0 Å². The molecule has 1 aromatic rings. The van der Waals surface area contributed by atoms with Crippen molar-refractivity contribution in [2.75, 3.05) is 52.5 Å². The van der Waals surface area contributed by atoms with E-state index in [0.29, 0.717) is 12.5 Å². The van der Waals surface area contributed by atoms with Crippen LogP contribution in [0.3, 0.4) is 0 Å². The van der Waals surface area contributed by atoms with Gasteiger partial charge in [0.25, 0.3) is 5.91 Å². The third-order valence-electron chi connectivity index (χ3n) is 4.76. The van der Waals surface area contributed by atoms with Gasteiger partial charge in [-0.3, -0.25) is 9.69 Å². The molecule has 0 aliphatic carbocycles. The average molecular weight is 317 g/mol. The van der Waals surface area contributed by atoms with Crippen LogP contribution in [0.15, 0.2) is 24.3 Å². The maximum Gasteiger partial charge on any atom is 0.251 e. The Kier molecular flexibility index (Phi) is 6.02. The number of piperidine rings is 1. The quantitative estimate of drug-likeness (QED) is 0.857. The molecule has 2 N–H and O–H groups in total. The van der Waals surface area contributed by atoms with Crippen LogP contribution in [0.4, 0.5) is 0 Å². The van der Waals surface area contributed by atoms with Crippen LogP contribution in [0.1, 0.15) is 34.7 Å². The van der Waals surface area contributed by atoms with Crippen molar-refractivity contribution >= 4 is 5.91 Å². The van der Waals surface area contributed by atoms with E-state index in [1.165, 1.54) is 18.4 Å². The van der Waals surface area contributed by atoms with E-state index in [1.807, 2.05) is 12.1 Å². The number of amides is 1. The van der Waals surface area contributed by atoms with Crippen molar-refractivity contribution in [2.45, 2.75) is 18.8 Å². The molecule has 0 aromatic heterocycles. The van der Waals surface area contributed by atoms with Gasteiger partial charge in [-0.25, -0.2) is 0 Å². The summed E-state index contributed by atoms with van der Waals surface area (Å²) in [6.07, 6.45) is 2.46. The highest BCUT2D eigenvalue weighted by Crippen LogP contribution is 2.23. The van der Waals surface area contributed by atoms with Gasteiger partial charge < -0.3 is 15.4 Å². The predicted octanol–water partition coefficient (Wildman–Crippen LogP) is 1.22. The minimum atomic E-state index is 0.0200. The van der Waals surface area contributed by atoms with Crippen molar-refractivity contribution in [1.29, 1.82) is 0 Å². The molecule has 5 heteroatoms. The number of carbonyl (C=O) groups is 1. The second kappa shape index (κ2) is 8.43. The van der Waals surface area contributed by atoms with Crippen LogP contribution in [0.5, 0.6) is 0 Å². The molecule has 2 fully saturated rings. The van der Waals surface area contributed by atoms with Crippen LogP contribution in [-0.2, 0) is 4.74 Å². The summed E-state index contributed by atoms with van der Waals surface area (Å²) in [5, 5.41) is 6.45. The van der Waals surface area contributed by atoms with Crippen molar-refractivity contribution < 1.29 is 9.53 Å². The van der Waals surface area contributed by atoms with E-state index in [9.17, 15) is 4.79 Å². The topological polar surface area (TPSA) is 53.6 Å². The lowest BCUT2D eigenvalue weighted by Crippen LogP contribution is -2.41. The van der Waals surface area contributed by atoms with Crippen LogP contribution >= 0.6 is 0 Å². The Morgan fingerprint density at radius 3 is 2.74 bits per heavy atom. The van der Waals surface area contributed by atoms with Crippen LogP contribution in [-0.4, -0.2) is 63.3 Å². The van der Waals surface area contributed by atoms with E-state index >= 15 is 0 Å². The zero-order valence-electron chi connectivity index (χ0n) is 13.7. The van der Waals surface area contributed by atoms with Gasteiger partial charge in [-0.15, -0.1) is 0 Å². The van der Waals surface area contributed by atoms with Gasteiger partial charge in [0.05, 0.1) is 13.2 Å². The van der Waals surface area contributed by atoms with Gasteiger partial charge in [-0.2, -0.15) is 0 Å². The van der Waals surface area contributed by atoms with Crippen LogP contribution in [0.25, 0.3) is 0 Å². The Morgan fingerprint density at radius 1 is 1.26 bits per heavy atom. The predicted molar refractivity (Wildman–Crippen MR) is 90.9 cm³/mol. The van der Waals surface area contributed by atoms with Crippen molar-refractivity contribution in [3.8, 4) is 0 Å². The Hall–Kier alpha value is -1.43. The van der Waals surface area contributed by atoms with Crippen LogP contribution in [0, 0.1) is 0 Å². The molecule has 0 bridgehead atoms. The van der Waals surface area contributed by atoms with E-state index in [2.05, 4.69) is 27.7 Å². The van der Waals surface area contributed by atoms with E-state index in [-0.39, 0.29) is 5.91 Å². The van der Waals surface area contributed by atoms with E-state index in [1.54, 1.807) is 0 Å². The van der Waals surface area contributed by atoms with Crippen molar-refractivity contribution in [2.24, 2.45) is 0 Å². The summed E-state index contributed by atoms with van der Waals surface area (Å²) in [5.41, 5.74) is 2.08. The first-order valence-electron chi connectivity index (χ1n) is 8.72. The van der Waals surface area contributed by atoms with Crippen LogP contribution in [0.2, 0.25) is 0 Å². The van der Waals surface area contributed by atoms with Gasteiger partial charge in [0, 0.05) is 38.3 Å². The normalized spacial score (nSPS) is 22.7. The number of benzene rings is 1. The molecule has 0 saturated carbocycles. The monoisotopic (exact) mass is 317 g/mol. The molecule has 0 radical (unpaired) electrons. The molecule has 2 aliphatic heterocycles. The van der Waals surface area contributed by atoms with E-state index in [4.69, 9.17) is 4.74 Å².